The summed E-state index contributed by atoms with van der Waals surface area (Å²) >= 11 is 0. The Balaban J connectivity index is 2.81. The highest BCUT2D eigenvalue weighted by molar-refractivity contribution is 5.41. The van der Waals surface area contributed by atoms with Crippen molar-refractivity contribution in [2.75, 3.05) is 25.0 Å². The molecule has 1 unspecified atom stereocenters. The molecule has 0 aromatic carbocycles. The molecule has 1 aromatic heterocycles. The Morgan fingerprint density at radius 2 is 2.24 bits per heavy atom. The summed E-state index contributed by atoms with van der Waals surface area (Å²) in [6.45, 7) is 12.1. The van der Waals surface area contributed by atoms with Crippen molar-refractivity contribution < 1.29 is 0 Å². The van der Waals surface area contributed by atoms with Gasteiger partial charge in [-0.1, -0.05) is 18.2 Å². The molecule has 94 valence electrons. The second kappa shape index (κ2) is 6.40. The van der Waals surface area contributed by atoms with E-state index in [0.29, 0.717) is 6.04 Å². The molecule has 0 aliphatic heterocycles. The third-order valence-electron chi connectivity index (χ3n) is 2.87. The van der Waals surface area contributed by atoms with Crippen LogP contribution in [0.15, 0.2) is 30.5 Å². The van der Waals surface area contributed by atoms with E-state index in [2.05, 4.69) is 47.8 Å². The summed E-state index contributed by atoms with van der Waals surface area (Å²) in [5.74, 6) is 1.02. The monoisotopic (exact) mass is 233 g/mol. The first-order valence-electron chi connectivity index (χ1n) is 6.11. The van der Waals surface area contributed by atoms with Gasteiger partial charge in [0.15, 0.2) is 0 Å². The molecule has 0 radical (unpaired) electrons. The Morgan fingerprint density at radius 1 is 1.53 bits per heavy atom. The second-order valence-corrected chi connectivity index (χ2v) is 4.43. The molecule has 0 aliphatic rings. The topological polar surface area (TPSA) is 28.2 Å². The van der Waals surface area contributed by atoms with Crippen LogP contribution >= 0.6 is 0 Å². The molecule has 1 atom stereocenters. The number of anilines is 1. The van der Waals surface area contributed by atoms with Gasteiger partial charge in [-0.3, -0.25) is 0 Å². The molecule has 0 bridgehead atoms. The van der Waals surface area contributed by atoms with Crippen molar-refractivity contribution in [3.05, 3.63) is 36.0 Å². The smallest absolute Gasteiger partial charge is 0.128 e. The van der Waals surface area contributed by atoms with Crippen LogP contribution in [0.4, 0.5) is 5.82 Å². The minimum atomic E-state index is 0.341. The molecule has 3 heteroatoms. The molecule has 0 saturated heterocycles. The van der Waals surface area contributed by atoms with Gasteiger partial charge in [0.25, 0.3) is 0 Å². The third-order valence-corrected chi connectivity index (χ3v) is 2.87. The van der Waals surface area contributed by atoms with Crippen molar-refractivity contribution >= 4 is 5.82 Å². The van der Waals surface area contributed by atoms with Crippen molar-refractivity contribution in [2.45, 2.75) is 26.8 Å². The Morgan fingerprint density at radius 3 is 2.65 bits per heavy atom. The molecule has 0 spiro atoms. The summed E-state index contributed by atoms with van der Waals surface area (Å²) < 4.78 is 0. The minimum absolute atomic E-state index is 0.341. The molecule has 0 aliphatic carbocycles. The maximum atomic E-state index is 4.52. The van der Waals surface area contributed by atoms with Crippen LogP contribution in [0.2, 0.25) is 0 Å². The Hall–Kier alpha value is -1.35. The van der Waals surface area contributed by atoms with Crippen LogP contribution in [0.1, 0.15) is 32.4 Å². The highest BCUT2D eigenvalue weighted by Crippen LogP contribution is 2.16. The van der Waals surface area contributed by atoms with E-state index >= 15 is 0 Å². The van der Waals surface area contributed by atoms with E-state index in [1.165, 1.54) is 5.56 Å². The zero-order valence-electron chi connectivity index (χ0n) is 11.3. The minimum Gasteiger partial charge on any atom is -0.353 e. The molecule has 0 amide bonds. The number of nitrogens with one attached hydrogen (secondary N) is 1. The van der Waals surface area contributed by atoms with Crippen LogP contribution in [-0.2, 0) is 0 Å². The summed E-state index contributed by atoms with van der Waals surface area (Å²) in [6.07, 6.45) is 1.94. The van der Waals surface area contributed by atoms with Gasteiger partial charge in [0, 0.05) is 25.3 Å². The molecule has 17 heavy (non-hydrogen) atoms. The van der Waals surface area contributed by atoms with E-state index in [1.54, 1.807) is 0 Å². The molecule has 1 aromatic rings. The average Bonchev–Trinajstić information content (AvgIpc) is 2.35. The molecule has 1 N–H and O–H groups in total. The SMILES string of the molecule is C=C(C)CN(CC)c1ccc(C(C)NC)cn1. The number of hydrogen-bond acceptors (Lipinski definition) is 3. The van der Waals surface area contributed by atoms with Gasteiger partial charge < -0.3 is 10.2 Å². The molecule has 0 fully saturated rings. The zero-order chi connectivity index (χ0) is 12.8. The summed E-state index contributed by atoms with van der Waals surface area (Å²) in [7, 11) is 1.96. The van der Waals surface area contributed by atoms with Crippen LogP contribution in [0, 0.1) is 0 Å². The highest BCUT2D eigenvalue weighted by atomic mass is 15.2. The quantitative estimate of drug-likeness (QED) is 0.766. The van der Waals surface area contributed by atoms with Crippen molar-refractivity contribution in [3.8, 4) is 0 Å². The lowest BCUT2D eigenvalue weighted by Crippen LogP contribution is -2.25. The van der Waals surface area contributed by atoms with E-state index < -0.39 is 0 Å². The van der Waals surface area contributed by atoms with Crippen LogP contribution < -0.4 is 10.2 Å². The summed E-state index contributed by atoms with van der Waals surface area (Å²) in [5, 5.41) is 3.21. The lowest BCUT2D eigenvalue weighted by atomic mass is 10.1. The van der Waals surface area contributed by atoms with Gasteiger partial charge in [-0.15, -0.1) is 0 Å². The molecule has 3 nitrogen and oxygen atoms in total. The van der Waals surface area contributed by atoms with Gasteiger partial charge in [-0.05, 0) is 39.4 Å². The number of rotatable bonds is 6. The van der Waals surface area contributed by atoms with Gasteiger partial charge >= 0.3 is 0 Å². The highest BCUT2D eigenvalue weighted by Gasteiger charge is 2.07. The van der Waals surface area contributed by atoms with Gasteiger partial charge in [0.1, 0.15) is 5.82 Å². The fourth-order valence-corrected chi connectivity index (χ4v) is 1.69. The molecular weight excluding hydrogens is 210 g/mol. The first-order valence-corrected chi connectivity index (χ1v) is 6.11. The summed E-state index contributed by atoms with van der Waals surface area (Å²) in [6, 6.07) is 4.55. The number of hydrogen-bond donors (Lipinski definition) is 1. The first-order chi connectivity index (χ1) is 8.08. The molecule has 1 rings (SSSR count). The Labute approximate surface area is 105 Å². The number of pyridine rings is 1. The van der Waals surface area contributed by atoms with Crippen LogP contribution in [0.25, 0.3) is 0 Å². The predicted molar refractivity (Wildman–Crippen MR) is 74.4 cm³/mol. The van der Waals surface area contributed by atoms with Crippen LogP contribution in [0.5, 0.6) is 0 Å². The third kappa shape index (κ3) is 3.86. The molecular formula is C14H23N3. The molecule has 0 saturated carbocycles. The predicted octanol–water partition coefficient (Wildman–Crippen LogP) is 2.76. The lowest BCUT2D eigenvalue weighted by Gasteiger charge is -2.22. The van der Waals surface area contributed by atoms with Crippen LogP contribution in [0.3, 0.4) is 0 Å². The molecule has 1 heterocycles. The van der Waals surface area contributed by atoms with Gasteiger partial charge in [0.2, 0.25) is 0 Å². The van der Waals surface area contributed by atoms with Crippen molar-refractivity contribution in [1.82, 2.24) is 10.3 Å². The van der Waals surface area contributed by atoms with Crippen molar-refractivity contribution in [1.29, 1.82) is 0 Å². The van der Waals surface area contributed by atoms with E-state index in [-0.39, 0.29) is 0 Å². The van der Waals surface area contributed by atoms with E-state index in [9.17, 15) is 0 Å². The fraction of sp³-hybridized carbons (Fsp3) is 0.500. The van der Waals surface area contributed by atoms with Crippen molar-refractivity contribution in [3.63, 3.8) is 0 Å². The maximum Gasteiger partial charge on any atom is 0.128 e. The second-order valence-electron chi connectivity index (χ2n) is 4.43. The van der Waals surface area contributed by atoms with E-state index in [0.717, 1.165) is 24.5 Å². The summed E-state index contributed by atoms with van der Waals surface area (Å²) in [4.78, 5) is 6.74. The Bertz CT molecular complexity index is 356. The van der Waals surface area contributed by atoms with Gasteiger partial charge in [-0.2, -0.15) is 0 Å². The number of aromatic nitrogens is 1. The van der Waals surface area contributed by atoms with Crippen LogP contribution in [-0.4, -0.2) is 25.1 Å². The van der Waals surface area contributed by atoms with Crippen molar-refractivity contribution in [2.24, 2.45) is 0 Å². The maximum absolute atomic E-state index is 4.52. The largest absolute Gasteiger partial charge is 0.353 e. The average molecular weight is 233 g/mol. The number of nitrogens with zero attached hydrogens (tertiary/aromatic N) is 2. The Kier molecular flexibility index (Phi) is 5.16. The van der Waals surface area contributed by atoms with E-state index in [1.807, 2.05) is 20.2 Å². The zero-order valence-corrected chi connectivity index (χ0v) is 11.3. The number of likely N-dealkylation sites (N-methyl/N-ethyl adjacent to an activating group) is 1. The fourth-order valence-electron chi connectivity index (χ4n) is 1.69. The first kappa shape index (κ1) is 13.7. The summed E-state index contributed by atoms with van der Waals surface area (Å²) in [5.41, 5.74) is 2.36. The van der Waals surface area contributed by atoms with Gasteiger partial charge in [-0.25, -0.2) is 4.98 Å². The van der Waals surface area contributed by atoms with Gasteiger partial charge in [0.05, 0.1) is 0 Å². The van der Waals surface area contributed by atoms with E-state index in [4.69, 9.17) is 0 Å². The lowest BCUT2D eigenvalue weighted by molar-refractivity contribution is 0.649. The standard InChI is InChI=1S/C14H23N3/c1-6-17(10-11(2)3)14-8-7-13(9-16-14)12(4)15-5/h7-9,12,15H,2,6,10H2,1,3-5H3. The normalized spacial score (nSPS) is 12.2.